The van der Waals surface area contributed by atoms with Crippen LogP contribution in [0.2, 0.25) is 0 Å². The van der Waals surface area contributed by atoms with Gasteiger partial charge in [-0.1, -0.05) is 50.2 Å². The van der Waals surface area contributed by atoms with Gasteiger partial charge in [0.05, 0.1) is 23.8 Å². The second kappa shape index (κ2) is 6.59. The first kappa shape index (κ1) is 18.4. The fourth-order valence-electron chi connectivity index (χ4n) is 4.08. The third-order valence-electron chi connectivity index (χ3n) is 5.24. The number of fused-ring (bicyclic) bond motifs is 1. The average Bonchev–Trinajstić information content (AvgIpc) is 3.08. The molecular weight excluding hydrogens is 373 g/mol. The van der Waals surface area contributed by atoms with Gasteiger partial charge in [0.1, 0.15) is 0 Å². The maximum Gasteiger partial charge on any atom is 0.209 e. The molecule has 0 fully saturated rings. The largest absolute Gasteiger partial charge is 0.346 e. The Morgan fingerprint density at radius 3 is 2.41 bits per heavy atom. The van der Waals surface area contributed by atoms with Gasteiger partial charge in [-0.25, -0.2) is 4.78 Å². The van der Waals surface area contributed by atoms with Gasteiger partial charge in [-0.05, 0) is 42.5 Å². The Kier molecular flexibility index (Phi) is 4.50. The quantitative estimate of drug-likeness (QED) is 0.642. The number of nitrogens with zero attached hydrogens (tertiary/aromatic N) is 3. The highest BCUT2D eigenvalue weighted by molar-refractivity contribution is 8.15. The lowest BCUT2D eigenvalue weighted by atomic mass is 9.84. The van der Waals surface area contributed by atoms with Crippen molar-refractivity contribution in [2.24, 2.45) is 5.10 Å². The molecule has 0 saturated heterocycles. The normalized spacial score (nSPS) is 25.9. The summed E-state index contributed by atoms with van der Waals surface area (Å²) in [7, 11) is 2.11. The molecule has 2 aliphatic heterocycles. The summed E-state index contributed by atoms with van der Waals surface area (Å²) >= 11 is 6.20. The number of hydrogen-bond donors (Lipinski definition) is 0. The van der Waals surface area contributed by atoms with Crippen LogP contribution in [0.25, 0.3) is 0 Å². The lowest BCUT2D eigenvalue weighted by Gasteiger charge is -2.32. The van der Waals surface area contributed by atoms with Crippen LogP contribution in [0.4, 0.5) is 11.4 Å². The van der Waals surface area contributed by atoms with Gasteiger partial charge in [-0.3, -0.25) is 0 Å². The third-order valence-corrected chi connectivity index (χ3v) is 8.99. The van der Waals surface area contributed by atoms with Crippen molar-refractivity contribution in [3.63, 3.8) is 0 Å². The van der Waals surface area contributed by atoms with Gasteiger partial charge in [0.25, 0.3) is 0 Å². The average molecular weight is 397 g/mol. The number of likely N-dealkylation sites (N-methyl/N-ethyl adjacent to an activating group) is 1. The zero-order chi connectivity index (χ0) is 19.2. The minimum absolute atomic E-state index is 0.166. The van der Waals surface area contributed by atoms with E-state index in [1.807, 2.05) is 48.2 Å². The van der Waals surface area contributed by atoms with Crippen LogP contribution >= 0.6 is 6.42 Å². The number of benzene rings is 2. The second-order valence-electron chi connectivity index (χ2n) is 7.24. The van der Waals surface area contributed by atoms with Gasteiger partial charge in [-0.15, -0.1) is 0 Å². The molecule has 2 aromatic carbocycles. The predicted octanol–water partition coefficient (Wildman–Crippen LogP) is 5.48. The molecule has 0 aromatic heterocycles. The predicted molar refractivity (Wildman–Crippen MR) is 118 cm³/mol. The van der Waals surface area contributed by atoms with Crippen molar-refractivity contribution in [3.8, 4) is 0 Å². The number of para-hydroxylation sites is 2. The van der Waals surface area contributed by atoms with Crippen molar-refractivity contribution in [2.45, 2.75) is 26.2 Å². The molecule has 0 N–H and O–H groups in total. The highest BCUT2D eigenvalue weighted by Crippen LogP contribution is 2.66. The second-order valence-corrected chi connectivity index (χ2v) is 10.9. The Morgan fingerprint density at radius 1 is 1.07 bits per heavy atom. The van der Waals surface area contributed by atoms with Gasteiger partial charge in [0, 0.05) is 23.8 Å². The SMILES string of the molecule is CCO[P@]1(=S)/C(=C2/N(C)c3ccccc3C2(C)C)C=NN1c1ccccc1. The van der Waals surface area contributed by atoms with Crippen LogP contribution in [0, 0.1) is 0 Å². The first-order chi connectivity index (χ1) is 12.9. The zero-order valence-corrected chi connectivity index (χ0v) is 17.8. The fraction of sp³-hybridized carbons (Fsp3) is 0.286. The van der Waals surface area contributed by atoms with Crippen LogP contribution < -0.4 is 9.68 Å². The van der Waals surface area contributed by atoms with Crippen LogP contribution in [0.3, 0.4) is 0 Å². The fourth-order valence-corrected chi connectivity index (χ4v) is 7.53. The summed E-state index contributed by atoms with van der Waals surface area (Å²) in [5.41, 5.74) is 4.51. The molecule has 27 heavy (non-hydrogen) atoms. The van der Waals surface area contributed by atoms with Crippen molar-refractivity contribution >= 4 is 35.8 Å². The maximum atomic E-state index is 6.27. The summed E-state index contributed by atoms with van der Waals surface area (Å²) in [6.45, 7) is 7.05. The highest BCUT2D eigenvalue weighted by Gasteiger charge is 2.46. The summed E-state index contributed by atoms with van der Waals surface area (Å²) in [4.78, 5) is 2.26. The minimum Gasteiger partial charge on any atom is -0.346 e. The first-order valence-corrected chi connectivity index (χ1v) is 11.8. The molecule has 4 rings (SSSR count). The molecule has 0 aliphatic carbocycles. The van der Waals surface area contributed by atoms with Gasteiger partial charge < -0.3 is 9.42 Å². The van der Waals surface area contributed by atoms with E-state index in [1.54, 1.807) is 0 Å². The molecule has 4 nitrogen and oxygen atoms in total. The minimum atomic E-state index is -2.52. The molecule has 6 heteroatoms. The summed E-state index contributed by atoms with van der Waals surface area (Å²) in [5.74, 6) is 0. The Labute approximate surface area is 166 Å². The molecule has 0 spiro atoms. The topological polar surface area (TPSA) is 28.1 Å². The van der Waals surface area contributed by atoms with Crippen LogP contribution in [-0.2, 0) is 21.7 Å². The van der Waals surface area contributed by atoms with E-state index in [2.05, 4.69) is 50.1 Å². The van der Waals surface area contributed by atoms with E-state index in [9.17, 15) is 0 Å². The molecule has 140 valence electrons. The third kappa shape index (κ3) is 2.68. The summed E-state index contributed by atoms with van der Waals surface area (Å²) < 4.78 is 8.18. The molecule has 1 atom stereocenters. The number of allylic oxidation sites excluding steroid dienone is 2. The standard InChI is InChI=1S/C21H24N3OPS/c1-5-25-26(27)19(15-22-24(26)16-11-7-6-8-12-16)20-21(2,3)17-13-9-10-14-18(17)23(20)4/h6-15H,5H2,1-4H3/b20-19+/t26-/m0/s1. The lowest BCUT2D eigenvalue weighted by Crippen LogP contribution is -2.26. The van der Waals surface area contributed by atoms with E-state index < -0.39 is 6.42 Å². The molecule has 0 amide bonds. The van der Waals surface area contributed by atoms with Crippen LogP contribution in [0.1, 0.15) is 26.3 Å². The smallest absolute Gasteiger partial charge is 0.209 e. The molecule has 0 unspecified atom stereocenters. The molecule has 2 heterocycles. The lowest BCUT2D eigenvalue weighted by molar-refractivity contribution is 0.379. The summed E-state index contributed by atoms with van der Waals surface area (Å²) in [6, 6.07) is 18.6. The van der Waals surface area contributed by atoms with Crippen molar-refractivity contribution < 1.29 is 4.52 Å². The number of rotatable bonds is 3. The van der Waals surface area contributed by atoms with Gasteiger partial charge in [0.2, 0.25) is 6.42 Å². The van der Waals surface area contributed by atoms with Crippen LogP contribution in [0.15, 0.2) is 70.7 Å². The van der Waals surface area contributed by atoms with Crippen LogP contribution in [-0.4, -0.2) is 19.9 Å². The number of hydrazone groups is 1. The zero-order valence-electron chi connectivity index (χ0n) is 16.1. The Hall–Kier alpha value is -1.94. The maximum absolute atomic E-state index is 6.27. The van der Waals surface area contributed by atoms with E-state index in [0.717, 1.165) is 11.0 Å². The van der Waals surface area contributed by atoms with Gasteiger partial charge in [-0.2, -0.15) is 5.10 Å². The van der Waals surface area contributed by atoms with E-state index in [-0.39, 0.29) is 5.41 Å². The molecule has 0 radical (unpaired) electrons. The number of anilines is 2. The van der Waals surface area contributed by atoms with Crippen molar-refractivity contribution in [1.29, 1.82) is 0 Å². The van der Waals surface area contributed by atoms with E-state index in [4.69, 9.17) is 21.4 Å². The van der Waals surface area contributed by atoms with E-state index in [1.165, 1.54) is 16.9 Å². The molecule has 0 bridgehead atoms. The van der Waals surface area contributed by atoms with Gasteiger partial charge in [0.15, 0.2) is 0 Å². The first-order valence-electron chi connectivity index (χ1n) is 9.14. The Bertz CT molecular complexity index is 984. The number of hydrogen-bond acceptors (Lipinski definition) is 4. The summed E-state index contributed by atoms with van der Waals surface area (Å²) in [5, 5.41) is 5.74. The highest BCUT2D eigenvalue weighted by atomic mass is 32.4. The van der Waals surface area contributed by atoms with Crippen molar-refractivity contribution in [3.05, 3.63) is 71.2 Å². The molecule has 2 aromatic rings. The summed E-state index contributed by atoms with van der Waals surface area (Å²) in [6.07, 6.45) is -0.605. The van der Waals surface area contributed by atoms with Crippen LogP contribution in [0.5, 0.6) is 0 Å². The molecule has 2 aliphatic rings. The Morgan fingerprint density at radius 2 is 1.74 bits per heavy atom. The molecule has 0 saturated carbocycles. The Balaban J connectivity index is 1.91. The van der Waals surface area contributed by atoms with Crippen molar-refractivity contribution in [1.82, 2.24) is 0 Å². The van der Waals surface area contributed by atoms with Gasteiger partial charge >= 0.3 is 0 Å². The monoisotopic (exact) mass is 397 g/mol. The van der Waals surface area contributed by atoms with Crippen molar-refractivity contribution in [2.75, 3.05) is 23.3 Å². The van der Waals surface area contributed by atoms with E-state index >= 15 is 0 Å². The molecular formula is C21H24N3OPS. The van der Waals surface area contributed by atoms with E-state index in [0.29, 0.717) is 6.61 Å².